The third-order valence-electron chi connectivity index (χ3n) is 7.87. The Morgan fingerprint density at radius 2 is 1.49 bits per heavy atom. The SMILES string of the molecule is Fc1ccc(-c2ccc(-n3ncc(CN4CCN(C5CCCC5)CC4)c3-c3cccc(Cl)c3)cc2)cc1. The Kier molecular flexibility index (Phi) is 7.10. The van der Waals surface area contributed by atoms with Crippen molar-refractivity contribution in [2.24, 2.45) is 0 Å². The second-order valence-electron chi connectivity index (χ2n) is 10.2. The molecule has 1 saturated carbocycles. The van der Waals surface area contributed by atoms with Crippen molar-refractivity contribution >= 4 is 11.6 Å². The van der Waals surface area contributed by atoms with Crippen LogP contribution in [0.2, 0.25) is 5.02 Å². The molecule has 0 unspecified atom stereocenters. The third kappa shape index (κ3) is 5.35. The summed E-state index contributed by atoms with van der Waals surface area (Å²) < 4.78 is 15.4. The maximum absolute atomic E-state index is 13.4. The molecule has 0 spiro atoms. The van der Waals surface area contributed by atoms with E-state index in [0.717, 1.165) is 66.8 Å². The minimum Gasteiger partial charge on any atom is -0.298 e. The molecule has 190 valence electrons. The fourth-order valence-corrected chi connectivity index (χ4v) is 6.06. The summed E-state index contributed by atoms with van der Waals surface area (Å²) in [5.41, 5.74) is 6.36. The molecule has 4 aromatic rings. The smallest absolute Gasteiger partial charge is 0.123 e. The number of benzene rings is 3. The molecule has 6 heteroatoms. The Labute approximate surface area is 223 Å². The molecule has 1 saturated heterocycles. The number of rotatable bonds is 6. The van der Waals surface area contributed by atoms with Crippen molar-refractivity contribution in [2.45, 2.75) is 38.3 Å². The van der Waals surface area contributed by atoms with Gasteiger partial charge in [0, 0.05) is 54.9 Å². The summed E-state index contributed by atoms with van der Waals surface area (Å²) in [6.07, 6.45) is 7.51. The Bertz CT molecular complexity index is 1330. The van der Waals surface area contributed by atoms with Crippen LogP contribution in [0, 0.1) is 5.82 Å². The van der Waals surface area contributed by atoms with Gasteiger partial charge in [-0.1, -0.05) is 60.8 Å². The van der Waals surface area contributed by atoms with Gasteiger partial charge in [0.05, 0.1) is 17.6 Å². The van der Waals surface area contributed by atoms with Crippen LogP contribution < -0.4 is 0 Å². The van der Waals surface area contributed by atoms with Gasteiger partial charge < -0.3 is 0 Å². The molecule has 6 rings (SSSR count). The molecule has 0 bridgehead atoms. The van der Waals surface area contributed by atoms with E-state index >= 15 is 0 Å². The molecule has 1 aromatic heterocycles. The van der Waals surface area contributed by atoms with Crippen molar-refractivity contribution < 1.29 is 4.39 Å². The van der Waals surface area contributed by atoms with Gasteiger partial charge in [-0.3, -0.25) is 9.80 Å². The summed E-state index contributed by atoms with van der Waals surface area (Å²) >= 11 is 6.41. The normalized spacial score (nSPS) is 17.5. The van der Waals surface area contributed by atoms with Crippen LogP contribution in [0.25, 0.3) is 28.1 Å². The maximum atomic E-state index is 13.4. The molecule has 1 aliphatic carbocycles. The zero-order valence-electron chi connectivity index (χ0n) is 21.0. The topological polar surface area (TPSA) is 24.3 Å². The highest BCUT2D eigenvalue weighted by molar-refractivity contribution is 6.30. The maximum Gasteiger partial charge on any atom is 0.123 e. The lowest BCUT2D eigenvalue weighted by molar-refractivity contribution is 0.0938. The van der Waals surface area contributed by atoms with E-state index in [4.69, 9.17) is 16.7 Å². The third-order valence-corrected chi connectivity index (χ3v) is 8.11. The largest absolute Gasteiger partial charge is 0.298 e. The second kappa shape index (κ2) is 10.8. The summed E-state index contributed by atoms with van der Waals surface area (Å²) in [4.78, 5) is 5.26. The predicted octanol–water partition coefficient (Wildman–Crippen LogP) is 7.06. The first-order valence-corrected chi connectivity index (χ1v) is 13.7. The number of piperazine rings is 1. The molecular weight excluding hydrogens is 483 g/mol. The minimum atomic E-state index is -0.226. The molecule has 2 fully saturated rings. The van der Waals surface area contributed by atoms with Crippen molar-refractivity contribution in [3.63, 3.8) is 0 Å². The zero-order valence-corrected chi connectivity index (χ0v) is 21.7. The van der Waals surface area contributed by atoms with E-state index in [2.05, 4.69) is 40.1 Å². The average Bonchev–Trinajstić information content (AvgIpc) is 3.61. The van der Waals surface area contributed by atoms with E-state index in [1.807, 2.05) is 29.1 Å². The van der Waals surface area contributed by atoms with E-state index in [0.29, 0.717) is 5.02 Å². The number of hydrogen-bond donors (Lipinski definition) is 0. The highest BCUT2D eigenvalue weighted by atomic mass is 35.5. The van der Waals surface area contributed by atoms with Crippen molar-refractivity contribution in [1.82, 2.24) is 19.6 Å². The summed E-state index contributed by atoms with van der Waals surface area (Å²) in [5, 5.41) is 5.55. The first-order valence-electron chi connectivity index (χ1n) is 13.3. The van der Waals surface area contributed by atoms with E-state index in [1.165, 1.54) is 43.4 Å². The van der Waals surface area contributed by atoms with Crippen molar-refractivity contribution in [1.29, 1.82) is 0 Å². The molecule has 2 aliphatic rings. The van der Waals surface area contributed by atoms with Gasteiger partial charge in [-0.25, -0.2) is 9.07 Å². The first kappa shape index (κ1) is 24.4. The van der Waals surface area contributed by atoms with Crippen molar-refractivity contribution in [3.8, 4) is 28.1 Å². The quantitative estimate of drug-likeness (QED) is 0.275. The molecule has 37 heavy (non-hydrogen) atoms. The monoisotopic (exact) mass is 514 g/mol. The molecule has 0 amide bonds. The molecule has 0 radical (unpaired) electrons. The Morgan fingerprint density at radius 3 is 2.16 bits per heavy atom. The molecular formula is C31H32ClFN4. The van der Waals surface area contributed by atoms with Crippen LogP contribution in [-0.4, -0.2) is 51.8 Å². The van der Waals surface area contributed by atoms with Gasteiger partial charge in [-0.15, -0.1) is 0 Å². The summed E-state index contributed by atoms with van der Waals surface area (Å²) in [6.45, 7) is 5.34. The Morgan fingerprint density at radius 1 is 0.811 bits per heavy atom. The van der Waals surface area contributed by atoms with Gasteiger partial charge in [-0.2, -0.15) is 5.10 Å². The summed E-state index contributed by atoms with van der Waals surface area (Å²) in [7, 11) is 0. The average molecular weight is 515 g/mol. The standard InChI is InChI=1S/C31H32ClFN4/c32-27-5-3-4-25(20-27)31-26(22-35-16-18-36(19-17-35)29-6-1-2-7-29)21-34-37(31)30-14-10-24(11-15-30)23-8-12-28(33)13-9-23/h3-5,8-15,20-21,29H,1-2,6-7,16-19,22H2. The highest BCUT2D eigenvalue weighted by Gasteiger charge is 2.27. The number of halogens is 2. The molecule has 1 aliphatic heterocycles. The highest BCUT2D eigenvalue weighted by Crippen LogP contribution is 2.31. The predicted molar refractivity (Wildman–Crippen MR) is 149 cm³/mol. The number of aromatic nitrogens is 2. The lowest BCUT2D eigenvalue weighted by atomic mass is 10.0. The van der Waals surface area contributed by atoms with Crippen LogP contribution in [-0.2, 0) is 6.54 Å². The lowest BCUT2D eigenvalue weighted by Gasteiger charge is -2.38. The minimum absolute atomic E-state index is 0.226. The van der Waals surface area contributed by atoms with Crippen molar-refractivity contribution in [3.05, 3.63) is 95.4 Å². The lowest BCUT2D eigenvalue weighted by Crippen LogP contribution is -2.49. The van der Waals surface area contributed by atoms with E-state index in [9.17, 15) is 4.39 Å². The van der Waals surface area contributed by atoms with Crippen LogP contribution in [0.15, 0.2) is 79.0 Å². The van der Waals surface area contributed by atoms with Gasteiger partial charge in [-0.05, 0) is 60.4 Å². The molecule has 0 atom stereocenters. The van der Waals surface area contributed by atoms with Gasteiger partial charge >= 0.3 is 0 Å². The second-order valence-corrected chi connectivity index (χ2v) is 10.7. The van der Waals surface area contributed by atoms with Gasteiger partial charge in [0.25, 0.3) is 0 Å². The van der Waals surface area contributed by atoms with Gasteiger partial charge in [0.15, 0.2) is 0 Å². The zero-order chi connectivity index (χ0) is 25.2. The summed E-state index contributed by atoms with van der Waals surface area (Å²) in [6, 6.07) is 23.7. The Hall–Kier alpha value is -2.99. The molecule has 2 heterocycles. The first-order chi connectivity index (χ1) is 18.1. The van der Waals surface area contributed by atoms with Gasteiger partial charge in [0.1, 0.15) is 5.82 Å². The van der Waals surface area contributed by atoms with Crippen LogP contribution in [0.5, 0.6) is 0 Å². The van der Waals surface area contributed by atoms with Crippen LogP contribution in [0.4, 0.5) is 4.39 Å². The number of nitrogens with zero attached hydrogens (tertiary/aromatic N) is 4. The number of hydrogen-bond acceptors (Lipinski definition) is 3. The molecule has 4 nitrogen and oxygen atoms in total. The van der Waals surface area contributed by atoms with Gasteiger partial charge in [0.2, 0.25) is 0 Å². The van der Waals surface area contributed by atoms with Crippen molar-refractivity contribution in [2.75, 3.05) is 26.2 Å². The van der Waals surface area contributed by atoms with E-state index in [1.54, 1.807) is 12.1 Å². The fraction of sp³-hybridized carbons (Fsp3) is 0.323. The Balaban J connectivity index is 1.27. The van der Waals surface area contributed by atoms with Crippen LogP contribution in [0.1, 0.15) is 31.2 Å². The fourth-order valence-electron chi connectivity index (χ4n) is 5.87. The molecule has 0 N–H and O–H groups in total. The molecule has 3 aromatic carbocycles. The summed E-state index contributed by atoms with van der Waals surface area (Å²) in [5.74, 6) is -0.226. The van der Waals surface area contributed by atoms with E-state index in [-0.39, 0.29) is 5.82 Å². The van der Waals surface area contributed by atoms with Crippen LogP contribution in [0.3, 0.4) is 0 Å². The van der Waals surface area contributed by atoms with E-state index < -0.39 is 0 Å². The van der Waals surface area contributed by atoms with Crippen LogP contribution >= 0.6 is 11.6 Å².